The minimum Gasteiger partial charge on any atom is -0.396 e. The zero-order chi connectivity index (χ0) is 10.1. The molecule has 0 saturated heterocycles. The lowest BCUT2D eigenvalue weighted by Crippen LogP contribution is -2.08. The smallest absolute Gasteiger partial charge is 0.166 e. The van der Waals surface area contributed by atoms with Gasteiger partial charge in [0.05, 0.1) is 18.0 Å². The van der Waals surface area contributed by atoms with Crippen molar-refractivity contribution in [3.63, 3.8) is 0 Å². The van der Waals surface area contributed by atoms with Crippen molar-refractivity contribution in [1.29, 1.82) is 0 Å². The number of aliphatic hydroxyl groups excluding tert-OH is 1. The van der Waals surface area contributed by atoms with Crippen LogP contribution < -0.4 is 0 Å². The van der Waals surface area contributed by atoms with E-state index in [2.05, 4.69) is 9.97 Å². The minimum atomic E-state index is -0.323. The summed E-state index contributed by atoms with van der Waals surface area (Å²) in [5.41, 5.74) is 0.861. The third kappa shape index (κ3) is 1.62. The second-order valence-corrected chi connectivity index (χ2v) is 3.82. The fourth-order valence-corrected chi connectivity index (χ4v) is 1.47. The van der Waals surface area contributed by atoms with E-state index in [0.29, 0.717) is 11.4 Å². The highest BCUT2D eigenvalue weighted by molar-refractivity contribution is 5.21. The van der Waals surface area contributed by atoms with Crippen LogP contribution in [0.15, 0.2) is 6.33 Å². The maximum Gasteiger partial charge on any atom is 0.166 e. The molecule has 76 valence electrons. The molecule has 0 bridgehead atoms. The van der Waals surface area contributed by atoms with E-state index in [1.54, 1.807) is 6.92 Å². The Morgan fingerprint density at radius 3 is 2.86 bits per heavy atom. The average Bonchev–Trinajstić information content (AvgIpc) is 3.01. The summed E-state index contributed by atoms with van der Waals surface area (Å²) in [7, 11) is 0. The number of nitrogens with zero attached hydrogens (tertiary/aromatic N) is 2. The number of hydrogen-bond donors (Lipinski definition) is 1. The van der Waals surface area contributed by atoms with Gasteiger partial charge in [-0.25, -0.2) is 14.4 Å². The van der Waals surface area contributed by atoms with Crippen LogP contribution in [0.5, 0.6) is 0 Å². The van der Waals surface area contributed by atoms with Gasteiger partial charge in [-0.1, -0.05) is 6.92 Å². The van der Waals surface area contributed by atoms with E-state index in [-0.39, 0.29) is 24.3 Å². The average molecular weight is 196 g/mol. The van der Waals surface area contributed by atoms with E-state index >= 15 is 0 Å². The van der Waals surface area contributed by atoms with Gasteiger partial charge in [-0.15, -0.1) is 0 Å². The first kappa shape index (κ1) is 9.52. The second-order valence-electron chi connectivity index (χ2n) is 3.82. The molecule has 1 aliphatic carbocycles. The molecular formula is C10H13FN2O. The second kappa shape index (κ2) is 3.61. The molecule has 3 nitrogen and oxygen atoms in total. The monoisotopic (exact) mass is 196 g/mol. The van der Waals surface area contributed by atoms with Crippen molar-refractivity contribution in [2.24, 2.45) is 0 Å². The van der Waals surface area contributed by atoms with Crippen molar-refractivity contribution in [3.05, 3.63) is 23.5 Å². The minimum absolute atomic E-state index is 0.0853. The Kier molecular flexibility index (Phi) is 2.46. The molecule has 2 rings (SSSR count). The van der Waals surface area contributed by atoms with Gasteiger partial charge in [0, 0.05) is 11.8 Å². The largest absolute Gasteiger partial charge is 0.396 e. The maximum absolute atomic E-state index is 13.8. The van der Waals surface area contributed by atoms with Gasteiger partial charge in [-0.3, -0.25) is 0 Å². The molecule has 1 atom stereocenters. The molecule has 0 aliphatic heterocycles. The lowest BCUT2D eigenvalue weighted by atomic mass is 10.1. The van der Waals surface area contributed by atoms with Gasteiger partial charge in [0.25, 0.3) is 0 Å². The highest BCUT2D eigenvalue weighted by Gasteiger charge is 2.30. The summed E-state index contributed by atoms with van der Waals surface area (Å²) >= 11 is 0. The van der Waals surface area contributed by atoms with Crippen LogP contribution in [-0.2, 0) is 0 Å². The van der Waals surface area contributed by atoms with Crippen molar-refractivity contribution in [2.75, 3.05) is 6.61 Å². The highest BCUT2D eigenvalue weighted by Crippen LogP contribution is 2.40. The van der Waals surface area contributed by atoms with E-state index in [1.807, 2.05) is 0 Å². The summed E-state index contributed by atoms with van der Waals surface area (Å²) < 4.78 is 13.8. The maximum atomic E-state index is 13.8. The standard InChI is InChI=1S/C10H13FN2O/c1-6(4-14)9-8(11)10(7-2-3-7)13-5-12-9/h5-7,14H,2-4H2,1H3. The topological polar surface area (TPSA) is 46.0 Å². The van der Waals surface area contributed by atoms with Gasteiger partial charge in [0.2, 0.25) is 0 Å². The first-order chi connectivity index (χ1) is 6.74. The quantitative estimate of drug-likeness (QED) is 0.798. The van der Waals surface area contributed by atoms with Crippen LogP contribution in [0, 0.1) is 5.82 Å². The van der Waals surface area contributed by atoms with Crippen LogP contribution in [0.1, 0.15) is 43.0 Å². The molecule has 1 heterocycles. The van der Waals surface area contributed by atoms with E-state index in [9.17, 15) is 4.39 Å². The van der Waals surface area contributed by atoms with Crippen LogP contribution in [0.25, 0.3) is 0 Å². The Morgan fingerprint density at radius 2 is 2.29 bits per heavy atom. The molecule has 1 aromatic heterocycles. The third-order valence-electron chi connectivity index (χ3n) is 2.55. The van der Waals surface area contributed by atoms with Crippen molar-refractivity contribution in [1.82, 2.24) is 9.97 Å². The summed E-state index contributed by atoms with van der Waals surface area (Å²) in [6, 6.07) is 0. The Balaban J connectivity index is 2.35. The Labute approximate surface area is 82.0 Å². The highest BCUT2D eigenvalue weighted by atomic mass is 19.1. The summed E-state index contributed by atoms with van der Waals surface area (Å²) in [5.74, 6) is -0.297. The number of rotatable bonds is 3. The van der Waals surface area contributed by atoms with Gasteiger partial charge in [0.15, 0.2) is 5.82 Å². The zero-order valence-corrected chi connectivity index (χ0v) is 8.07. The van der Waals surface area contributed by atoms with Crippen LogP contribution in [0.2, 0.25) is 0 Å². The van der Waals surface area contributed by atoms with Crippen LogP contribution >= 0.6 is 0 Å². The van der Waals surface area contributed by atoms with Crippen molar-refractivity contribution in [2.45, 2.75) is 31.6 Å². The van der Waals surface area contributed by atoms with E-state index in [4.69, 9.17) is 5.11 Å². The van der Waals surface area contributed by atoms with Gasteiger partial charge in [-0.2, -0.15) is 0 Å². The Morgan fingerprint density at radius 1 is 1.57 bits per heavy atom. The predicted molar refractivity (Wildman–Crippen MR) is 49.5 cm³/mol. The SMILES string of the molecule is CC(CO)c1ncnc(C2CC2)c1F. The number of aromatic nitrogens is 2. The fourth-order valence-electron chi connectivity index (χ4n) is 1.47. The van der Waals surface area contributed by atoms with E-state index in [0.717, 1.165) is 12.8 Å². The molecule has 1 fully saturated rings. The van der Waals surface area contributed by atoms with Crippen molar-refractivity contribution in [3.8, 4) is 0 Å². The van der Waals surface area contributed by atoms with E-state index < -0.39 is 0 Å². The van der Waals surface area contributed by atoms with Crippen LogP contribution in [-0.4, -0.2) is 21.7 Å². The molecule has 0 spiro atoms. The predicted octanol–water partition coefficient (Wildman–Crippen LogP) is 1.59. The molecule has 0 aromatic carbocycles. The molecule has 1 N–H and O–H groups in total. The summed E-state index contributed by atoms with van der Waals surface area (Å²) in [5, 5.41) is 8.93. The van der Waals surface area contributed by atoms with Crippen molar-refractivity contribution >= 4 is 0 Å². The number of halogens is 1. The molecule has 1 aliphatic rings. The molecule has 0 radical (unpaired) electrons. The molecule has 1 aromatic rings. The molecule has 0 amide bonds. The lowest BCUT2D eigenvalue weighted by molar-refractivity contribution is 0.267. The first-order valence-corrected chi connectivity index (χ1v) is 4.85. The van der Waals surface area contributed by atoms with Crippen LogP contribution in [0.3, 0.4) is 0 Å². The molecule has 14 heavy (non-hydrogen) atoms. The summed E-state index contributed by atoms with van der Waals surface area (Å²) in [6.07, 6.45) is 3.42. The Hall–Kier alpha value is -1.03. The molecule has 1 unspecified atom stereocenters. The van der Waals surface area contributed by atoms with Gasteiger partial charge < -0.3 is 5.11 Å². The molecule has 1 saturated carbocycles. The molecule has 4 heteroatoms. The molecular weight excluding hydrogens is 183 g/mol. The number of aliphatic hydroxyl groups is 1. The summed E-state index contributed by atoms with van der Waals surface area (Å²) in [4.78, 5) is 7.82. The van der Waals surface area contributed by atoms with Gasteiger partial charge >= 0.3 is 0 Å². The van der Waals surface area contributed by atoms with Gasteiger partial charge in [0.1, 0.15) is 6.33 Å². The third-order valence-corrected chi connectivity index (χ3v) is 2.55. The normalized spacial score (nSPS) is 18.2. The lowest BCUT2D eigenvalue weighted by Gasteiger charge is -2.09. The summed E-state index contributed by atoms with van der Waals surface area (Å²) in [6.45, 7) is 1.67. The Bertz CT molecular complexity index is 339. The fraction of sp³-hybridized carbons (Fsp3) is 0.600. The van der Waals surface area contributed by atoms with E-state index in [1.165, 1.54) is 6.33 Å². The first-order valence-electron chi connectivity index (χ1n) is 4.85. The van der Waals surface area contributed by atoms with Crippen LogP contribution in [0.4, 0.5) is 4.39 Å². The van der Waals surface area contributed by atoms with Crippen molar-refractivity contribution < 1.29 is 9.50 Å². The number of hydrogen-bond acceptors (Lipinski definition) is 3. The zero-order valence-electron chi connectivity index (χ0n) is 8.07. The van der Waals surface area contributed by atoms with Gasteiger partial charge in [-0.05, 0) is 12.8 Å².